The number of aromatic nitrogens is 2. The summed E-state index contributed by atoms with van der Waals surface area (Å²) >= 11 is 0. The second-order valence-corrected chi connectivity index (χ2v) is 6.26. The molecule has 3 N–H and O–H groups in total. The van der Waals surface area contributed by atoms with Crippen LogP contribution in [-0.2, 0) is 16.8 Å². The number of rotatable bonds is 5. The summed E-state index contributed by atoms with van der Waals surface area (Å²) in [6, 6.07) is -0.127. The van der Waals surface area contributed by atoms with Crippen LogP contribution in [0.15, 0.2) is 4.52 Å². The van der Waals surface area contributed by atoms with Crippen molar-refractivity contribution in [1.82, 2.24) is 19.2 Å². The number of nitrogens with one attached hydrogen (secondary N) is 1. The average Bonchev–Trinajstić information content (AvgIpc) is 2.82. The molecule has 9 heteroatoms. The molecule has 1 atom stereocenters. The van der Waals surface area contributed by atoms with E-state index in [-0.39, 0.29) is 12.6 Å². The highest BCUT2D eigenvalue weighted by Crippen LogP contribution is 2.18. The van der Waals surface area contributed by atoms with Crippen molar-refractivity contribution in [2.75, 3.05) is 13.1 Å². The molecule has 1 saturated heterocycles. The predicted molar refractivity (Wildman–Crippen MR) is 68.2 cm³/mol. The SMILES string of the molecule is Cc1nc(CNS(=O)(=O)N2CCCCC2CN)no1. The van der Waals surface area contributed by atoms with E-state index in [0.29, 0.717) is 24.8 Å². The molecule has 1 unspecified atom stereocenters. The molecule has 0 radical (unpaired) electrons. The first-order valence-electron chi connectivity index (χ1n) is 6.28. The fraction of sp³-hybridized carbons (Fsp3) is 0.800. The topological polar surface area (TPSA) is 114 Å². The average molecular weight is 289 g/mol. The van der Waals surface area contributed by atoms with Crippen LogP contribution in [0.2, 0.25) is 0 Å². The van der Waals surface area contributed by atoms with Crippen LogP contribution in [0.3, 0.4) is 0 Å². The molecule has 0 aromatic carbocycles. The summed E-state index contributed by atoms with van der Waals surface area (Å²) in [4.78, 5) is 3.95. The van der Waals surface area contributed by atoms with E-state index < -0.39 is 10.2 Å². The Morgan fingerprint density at radius 3 is 2.95 bits per heavy atom. The van der Waals surface area contributed by atoms with E-state index in [0.717, 1.165) is 19.3 Å². The van der Waals surface area contributed by atoms with Gasteiger partial charge in [-0.15, -0.1) is 0 Å². The molecule has 1 fully saturated rings. The summed E-state index contributed by atoms with van der Waals surface area (Å²) in [6.45, 7) is 2.51. The Balaban J connectivity index is 2.00. The van der Waals surface area contributed by atoms with Gasteiger partial charge in [0.15, 0.2) is 5.82 Å². The largest absolute Gasteiger partial charge is 0.340 e. The van der Waals surface area contributed by atoms with Crippen molar-refractivity contribution in [2.24, 2.45) is 5.73 Å². The van der Waals surface area contributed by atoms with Gasteiger partial charge in [-0.05, 0) is 12.8 Å². The lowest BCUT2D eigenvalue weighted by Gasteiger charge is -2.33. The van der Waals surface area contributed by atoms with E-state index in [1.807, 2.05) is 0 Å². The van der Waals surface area contributed by atoms with Crippen molar-refractivity contribution < 1.29 is 12.9 Å². The van der Waals surface area contributed by atoms with Crippen molar-refractivity contribution >= 4 is 10.2 Å². The molecule has 108 valence electrons. The third-order valence-electron chi connectivity index (χ3n) is 3.14. The molecule has 2 rings (SSSR count). The Bertz CT molecular complexity index is 515. The van der Waals surface area contributed by atoms with Gasteiger partial charge < -0.3 is 10.3 Å². The molecule has 1 aromatic rings. The van der Waals surface area contributed by atoms with Gasteiger partial charge >= 0.3 is 0 Å². The minimum atomic E-state index is -3.55. The van der Waals surface area contributed by atoms with E-state index in [1.165, 1.54) is 4.31 Å². The second kappa shape index (κ2) is 5.95. The van der Waals surface area contributed by atoms with Gasteiger partial charge in [-0.3, -0.25) is 0 Å². The summed E-state index contributed by atoms with van der Waals surface area (Å²) in [7, 11) is -3.55. The highest BCUT2D eigenvalue weighted by Gasteiger charge is 2.31. The van der Waals surface area contributed by atoms with Crippen LogP contribution in [0.4, 0.5) is 0 Å². The van der Waals surface area contributed by atoms with Crippen LogP contribution < -0.4 is 10.5 Å². The van der Waals surface area contributed by atoms with Crippen molar-refractivity contribution in [3.8, 4) is 0 Å². The fourth-order valence-electron chi connectivity index (χ4n) is 2.18. The molecule has 19 heavy (non-hydrogen) atoms. The Morgan fingerprint density at radius 1 is 1.53 bits per heavy atom. The predicted octanol–water partition coefficient (Wildman–Crippen LogP) is -0.474. The van der Waals surface area contributed by atoms with Gasteiger partial charge in [0.2, 0.25) is 5.89 Å². The first-order valence-corrected chi connectivity index (χ1v) is 7.72. The van der Waals surface area contributed by atoms with Crippen LogP contribution >= 0.6 is 0 Å². The number of nitrogens with two attached hydrogens (primary N) is 1. The molecule has 2 heterocycles. The van der Waals surface area contributed by atoms with Gasteiger partial charge in [-0.25, -0.2) is 0 Å². The van der Waals surface area contributed by atoms with Crippen molar-refractivity contribution in [2.45, 2.75) is 38.8 Å². The van der Waals surface area contributed by atoms with Gasteiger partial charge in [0.1, 0.15) is 0 Å². The van der Waals surface area contributed by atoms with E-state index in [9.17, 15) is 8.42 Å². The van der Waals surface area contributed by atoms with Crippen LogP contribution in [0, 0.1) is 6.92 Å². The molecule has 0 amide bonds. The fourth-order valence-corrected chi connectivity index (χ4v) is 3.61. The van der Waals surface area contributed by atoms with Gasteiger partial charge in [-0.2, -0.15) is 22.4 Å². The third-order valence-corrected chi connectivity index (χ3v) is 4.74. The molecular weight excluding hydrogens is 270 g/mol. The minimum Gasteiger partial charge on any atom is -0.340 e. The molecule has 0 spiro atoms. The monoisotopic (exact) mass is 289 g/mol. The van der Waals surface area contributed by atoms with Gasteiger partial charge in [-0.1, -0.05) is 11.6 Å². The molecule has 8 nitrogen and oxygen atoms in total. The molecule has 1 aliphatic heterocycles. The Kier molecular flexibility index (Phi) is 4.50. The summed E-state index contributed by atoms with van der Waals surface area (Å²) in [5.41, 5.74) is 5.63. The molecule has 1 aliphatic rings. The zero-order valence-corrected chi connectivity index (χ0v) is 11.7. The Morgan fingerprint density at radius 2 is 2.32 bits per heavy atom. The first kappa shape index (κ1) is 14.4. The van der Waals surface area contributed by atoms with E-state index in [4.69, 9.17) is 10.3 Å². The maximum absolute atomic E-state index is 12.2. The highest BCUT2D eigenvalue weighted by molar-refractivity contribution is 7.87. The van der Waals surface area contributed by atoms with Crippen LogP contribution in [0.1, 0.15) is 31.0 Å². The Hall–Kier alpha value is -1.03. The summed E-state index contributed by atoms with van der Waals surface area (Å²) in [5.74, 6) is 0.731. The number of aryl methyl sites for hydroxylation is 1. The molecule has 1 aromatic heterocycles. The number of hydrogen-bond donors (Lipinski definition) is 2. The highest BCUT2D eigenvalue weighted by atomic mass is 32.2. The Labute approximate surface area is 112 Å². The van der Waals surface area contributed by atoms with Gasteiger partial charge in [0.25, 0.3) is 10.2 Å². The van der Waals surface area contributed by atoms with Crippen LogP contribution in [0.25, 0.3) is 0 Å². The zero-order valence-electron chi connectivity index (χ0n) is 10.9. The molecule has 0 aliphatic carbocycles. The maximum Gasteiger partial charge on any atom is 0.280 e. The van der Waals surface area contributed by atoms with Crippen LogP contribution in [-0.4, -0.2) is 42.0 Å². The zero-order chi connectivity index (χ0) is 13.9. The standard InChI is InChI=1S/C10H19N5O3S/c1-8-13-10(14-18-8)7-12-19(16,17)15-5-3-2-4-9(15)6-11/h9,12H,2-7,11H2,1H3. The quantitative estimate of drug-likeness (QED) is 0.757. The normalized spacial score (nSPS) is 21.7. The smallest absolute Gasteiger partial charge is 0.280 e. The second-order valence-electron chi connectivity index (χ2n) is 4.55. The maximum atomic E-state index is 12.2. The summed E-state index contributed by atoms with van der Waals surface area (Å²) in [6.07, 6.45) is 2.68. The molecular formula is C10H19N5O3S. The molecule has 0 bridgehead atoms. The lowest BCUT2D eigenvalue weighted by Crippen LogP contribution is -2.51. The van der Waals surface area contributed by atoms with Gasteiger partial charge in [0.05, 0.1) is 6.54 Å². The number of hydrogen-bond acceptors (Lipinski definition) is 6. The minimum absolute atomic E-state index is 0.0213. The molecule has 0 saturated carbocycles. The van der Waals surface area contributed by atoms with Crippen molar-refractivity contribution in [3.05, 3.63) is 11.7 Å². The number of piperidine rings is 1. The summed E-state index contributed by atoms with van der Waals surface area (Å²) in [5, 5.41) is 3.65. The van der Waals surface area contributed by atoms with Gasteiger partial charge in [0, 0.05) is 26.1 Å². The summed E-state index contributed by atoms with van der Waals surface area (Å²) < 4.78 is 33.1. The lowest BCUT2D eigenvalue weighted by atomic mass is 10.1. The first-order chi connectivity index (χ1) is 9.03. The van der Waals surface area contributed by atoms with Crippen molar-refractivity contribution in [3.63, 3.8) is 0 Å². The third kappa shape index (κ3) is 3.50. The van der Waals surface area contributed by atoms with E-state index >= 15 is 0 Å². The van der Waals surface area contributed by atoms with E-state index in [1.54, 1.807) is 6.92 Å². The number of nitrogens with zero attached hydrogens (tertiary/aromatic N) is 3. The lowest BCUT2D eigenvalue weighted by molar-refractivity contribution is 0.254. The van der Waals surface area contributed by atoms with Crippen LogP contribution in [0.5, 0.6) is 0 Å². The van der Waals surface area contributed by atoms with E-state index in [2.05, 4.69) is 14.9 Å². The van der Waals surface area contributed by atoms with Crippen molar-refractivity contribution in [1.29, 1.82) is 0 Å².